The van der Waals surface area contributed by atoms with E-state index in [0.29, 0.717) is 0 Å². The predicted octanol–water partition coefficient (Wildman–Crippen LogP) is 18.4. The van der Waals surface area contributed by atoms with Crippen molar-refractivity contribution in [3.8, 4) is 44.8 Å². The molecule has 0 saturated heterocycles. The summed E-state index contributed by atoms with van der Waals surface area (Å²) >= 11 is 0. The summed E-state index contributed by atoms with van der Waals surface area (Å²) in [6.07, 6.45) is 0. The largest absolute Gasteiger partial charge is 0.310 e. The van der Waals surface area contributed by atoms with Gasteiger partial charge in [-0.3, -0.25) is 0 Å². The van der Waals surface area contributed by atoms with Gasteiger partial charge in [0.15, 0.2) is 0 Å². The van der Waals surface area contributed by atoms with Crippen molar-refractivity contribution in [2.75, 3.05) is 4.90 Å². The monoisotopic (exact) mass is 975 g/mol. The minimum absolute atomic E-state index is 0.492. The molecule has 0 N–H and O–H groups in total. The number of para-hydroxylation sites is 5. The first-order valence-corrected chi connectivity index (χ1v) is 26.9. The van der Waals surface area contributed by atoms with Gasteiger partial charge in [0.1, 0.15) is 0 Å². The molecule has 0 fully saturated rings. The van der Waals surface area contributed by atoms with Gasteiger partial charge >= 0.3 is 0 Å². The molecule has 0 amide bonds. The Morgan fingerprint density at radius 1 is 0.247 bits per heavy atom. The molecule has 4 aliphatic rings. The van der Waals surface area contributed by atoms with Gasteiger partial charge in [0, 0.05) is 44.3 Å². The van der Waals surface area contributed by atoms with Gasteiger partial charge in [-0.05, 0) is 151 Å². The first-order valence-electron chi connectivity index (χ1n) is 26.9. The van der Waals surface area contributed by atoms with E-state index in [9.17, 15) is 0 Å². The molecular formula is C74H45N3. The Bertz CT molecular complexity index is 4780. The standard InChI is InChI=1S/C74H45N3/c1-8-26-60-50(18-1)51-19-2-9-27-61(51)73(60)62-28-10-3-20-52(62)54-42-40-48(44-66(54)73)75(46-36-38-47(39-37-46)76-68-32-13-5-22-56(68)57-23-6-14-33-69(57)76)49-41-43-55-53-21-4-11-29-63(53)74(67(55)45-49)64-30-12-16-35-71(64)77-70-34-15-7-24-58(70)59-25-17-31-65(74)72(59)77/h1-45H. The van der Waals surface area contributed by atoms with E-state index in [1.165, 1.54) is 127 Å². The number of benzene rings is 12. The first kappa shape index (κ1) is 41.4. The quantitative estimate of drug-likeness (QED) is 0.171. The zero-order valence-corrected chi connectivity index (χ0v) is 41.8. The summed E-state index contributed by atoms with van der Waals surface area (Å²) in [5, 5.41) is 5.06. The first-order chi connectivity index (χ1) is 38.2. The molecule has 3 heterocycles. The lowest BCUT2D eigenvalue weighted by Crippen LogP contribution is -2.33. The number of fused-ring (bicyclic) bond motifs is 25. The molecule has 12 aromatic carbocycles. The fourth-order valence-electron chi connectivity index (χ4n) is 15.3. The van der Waals surface area contributed by atoms with Crippen molar-refractivity contribution in [2.45, 2.75) is 10.8 Å². The minimum Gasteiger partial charge on any atom is -0.310 e. The van der Waals surface area contributed by atoms with E-state index >= 15 is 0 Å². The molecule has 77 heavy (non-hydrogen) atoms. The SMILES string of the molecule is c1ccc2c(c1)-c1ccccc1C21c2ccccc2-c2ccc(N(c3ccc(-n4c5ccccc5c5ccccc54)cc3)c3ccc4c(c3)C3(c5ccccc5-4)c4ccccc4-n4c5ccccc5c5cccc3c54)cc21. The van der Waals surface area contributed by atoms with Crippen molar-refractivity contribution in [3.05, 3.63) is 317 Å². The van der Waals surface area contributed by atoms with E-state index in [0.717, 1.165) is 22.7 Å². The van der Waals surface area contributed by atoms with Crippen LogP contribution in [0.5, 0.6) is 0 Å². The third-order valence-corrected chi connectivity index (χ3v) is 18.1. The van der Waals surface area contributed by atoms with E-state index in [2.05, 4.69) is 287 Å². The van der Waals surface area contributed by atoms with Gasteiger partial charge in [0.25, 0.3) is 0 Å². The molecule has 14 aromatic rings. The lowest BCUT2D eigenvalue weighted by Gasteiger charge is -2.40. The van der Waals surface area contributed by atoms with E-state index in [4.69, 9.17) is 0 Å². The summed E-state index contributed by atoms with van der Waals surface area (Å²) in [5.41, 5.74) is 27.7. The van der Waals surface area contributed by atoms with Gasteiger partial charge in [0.2, 0.25) is 0 Å². The Labute approximate surface area is 445 Å². The maximum atomic E-state index is 2.54. The summed E-state index contributed by atoms with van der Waals surface area (Å²) in [6, 6.07) is 103. The highest BCUT2D eigenvalue weighted by Gasteiger charge is 2.53. The number of hydrogen-bond donors (Lipinski definition) is 0. The number of nitrogens with zero attached hydrogens (tertiary/aromatic N) is 3. The molecular weight excluding hydrogens is 931 g/mol. The molecule has 0 bridgehead atoms. The Balaban J connectivity index is 0.912. The van der Waals surface area contributed by atoms with Crippen LogP contribution in [-0.4, -0.2) is 9.13 Å². The van der Waals surface area contributed by atoms with Crippen LogP contribution in [-0.2, 0) is 10.8 Å². The maximum absolute atomic E-state index is 2.54. The van der Waals surface area contributed by atoms with E-state index in [1.807, 2.05) is 0 Å². The normalized spacial score (nSPS) is 15.4. The van der Waals surface area contributed by atoms with Gasteiger partial charge < -0.3 is 14.0 Å². The van der Waals surface area contributed by atoms with Crippen LogP contribution in [0.4, 0.5) is 17.1 Å². The van der Waals surface area contributed by atoms with Crippen LogP contribution >= 0.6 is 0 Å². The second-order valence-electron chi connectivity index (χ2n) is 21.4. The third-order valence-electron chi connectivity index (χ3n) is 18.1. The fraction of sp³-hybridized carbons (Fsp3) is 0.0270. The number of anilines is 3. The van der Waals surface area contributed by atoms with E-state index in [-0.39, 0.29) is 0 Å². The van der Waals surface area contributed by atoms with Crippen LogP contribution in [0.15, 0.2) is 273 Å². The maximum Gasteiger partial charge on any atom is 0.0755 e. The number of rotatable bonds is 4. The van der Waals surface area contributed by atoms with Crippen LogP contribution in [0.1, 0.15) is 44.5 Å². The molecule has 2 spiro atoms. The molecule has 3 heteroatoms. The molecule has 3 aliphatic carbocycles. The second kappa shape index (κ2) is 14.9. The lowest BCUT2D eigenvalue weighted by atomic mass is 9.65. The fourth-order valence-corrected chi connectivity index (χ4v) is 15.3. The van der Waals surface area contributed by atoms with Crippen molar-refractivity contribution < 1.29 is 0 Å². The van der Waals surface area contributed by atoms with Crippen molar-refractivity contribution in [2.24, 2.45) is 0 Å². The Kier molecular flexibility index (Phi) is 8.00. The summed E-state index contributed by atoms with van der Waals surface area (Å²) < 4.78 is 4.95. The summed E-state index contributed by atoms with van der Waals surface area (Å²) in [6.45, 7) is 0. The number of aromatic nitrogens is 2. The summed E-state index contributed by atoms with van der Waals surface area (Å²) in [4.78, 5) is 2.53. The number of hydrogen-bond acceptors (Lipinski definition) is 1. The Morgan fingerprint density at radius 2 is 0.610 bits per heavy atom. The molecule has 3 nitrogen and oxygen atoms in total. The molecule has 2 aromatic heterocycles. The van der Waals surface area contributed by atoms with Crippen molar-refractivity contribution >= 4 is 60.7 Å². The van der Waals surface area contributed by atoms with Gasteiger partial charge in [0.05, 0.1) is 38.6 Å². The molecule has 1 aliphatic heterocycles. The highest BCUT2D eigenvalue weighted by atomic mass is 15.1. The zero-order valence-electron chi connectivity index (χ0n) is 41.8. The molecule has 1 unspecified atom stereocenters. The molecule has 1 atom stereocenters. The van der Waals surface area contributed by atoms with Crippen molar-refractivity contribution in [3.63, 3.8) is 0 Å². The lowest BCUT2D eigenvalue weighted by molar-refractivity contribution is 0.748. The third kappa shape index (κ3) is 5.03. The van der Waals surface area contributed by atoms with Crippen LogP contribution in [0.3, 0.4) is 0 Å². The summed E-state index contributed by atoms with van der Waals surface area (Å²) in [5.74, 6) is 0. The zero-order chi connectivity index (χ0) is 50.1. The highest BCUT2D eigenvalue weighted by Crippen LogP contribution is 2.65. The van der Waals surface area contributed by atoms with E-state index < -0.39 is 10.8 Å². The average Bonchev–Trinajstić information content (AvgIpc) is 3.48. The second-order valence-corrected chi connectivity index (χ2v) is 21.4. The van der Waals surface area contributed by atoms with Gasteiger partial charge in [-0.1, -0.05) is 200 Å². The molecule has 0 radical (unpaired) electrons. The Hall–Kier alpha value is -9.96. The van der Waals surface area contributed by atoms with Crippen LogP contribution in [0, 0.1) is 0 Å². The van der Waals surface area contributed by atoms with Crippen molar-refractivity contribution in [1.29, 1.82) is 0 Å². The van der Waals surface area contributed by atoms with Crippen LogP contribution in [0.2, 0.25) is 0 Å². The molecule has 0 saturated carbocycles. The molecule has 356 valence electrons. The van der Waals surface area contributed by atoms with Gasteiger partial charge in [-0.25, -0.2) is 0 Å². The topological polar surface area (TPSA) is 13.1 Å². The van der Waals surface area contributed by atoms with Crippen molar-refractivity contribution in [1.82, 2.24) is 9.13 Å². The Morgan fingerprint density at radius 3 is 1.13 bits per heavy atom. The predicted molar refractivity (Wildman–Crippen MR) is 317 cm³/mol. The average molecular weight is 976 g/mol. The smallest absolute Gasteiger partial charge is 0.0755 e. The van der Waals surface area contributed by atoms with Gasteiger partial charge in [-0.2, -0.15) is 0 Å². The van der Waals surface area contributed by atoms with Gasteiger partial charge in [-0.15, -0.1) is 0 Å². The van der Waals surface area contributed by atoms with Crippen LogP contribution in [0.25, 0.3) is 88.4 Å². The van der Waals surface area contributed by atoms with Crippen LogP contribution < -0.4 is 4.90 Å². The molecule has 18 rings (SSSR count). The summed E-state index contributed by atoms with van der Waals surface area (Å²) in [7, 11) is 0. The van der Waals surface area contributed by atoms with E-state index in [1.54, 1.807) is 0 Å². The highest BCUT2D eigenvalue weighted by molar-refractivity contribution is 6.13. The minimum atomic E-state index is -0.602.